The highest BCUT2D eigenvalue weighted by Gasteiger charge is 2.07. The average Bonchev–Trinajstić information content (AvgIpc) is 2.26. The largest absolute Gasteiger partial charge is 0.507 e. The second-order valence-corrected chi connectivity index (χ2v) is 3.30. The number of rotatable bonds is 5. The summed E-state index contributed by atoms with van der Waals surface area (Å²) in [6.45, 7) is 7.22. The first-order valence-corrected chi connectivity index (χ1v) is 4.87. The van der Waals surface area contributed by atoms with Crippen LogP contribution in [0.5, 0.6) is 5.75 Å². The average molecular weight is 215 g/mol. The minimum atomic E-state index is 0.213. The van der Waals surface area contributed by atoms with Gasteiger partial charge in [0.2, 0.25) is 6.08 Å². The Balaban J connectivity index is 3.30. The summed E-state index contributed by atoms with van der Waals surface area (Å²) in [4.78, 5) is 13.8. The topological polar surface area (TPSA) is 49.7 Å². The molecule has 82 valence electrons. The van der Waals surface area contributed by atoms with E-state index in [1.54, 1.807) is 24.3 Å². The summed E-state index contributed by atoms with van der Waals surface area (Å²) in [6.07, 6.45) is 5.90. The molecule has 0 radical (unpaired) electrons. The molecule has 16 heavy (non-hydrogen) atoms. The van der Waals surface area contributed by atoms with Crippen molar-refractivity contribution in [1.29, 1.82) is 0 Å². The number of hydrogen-bond donors (Lipinski definition) is 1. The third-order valence-corrected chi connectivity index (χ3v) is 2.16. The highest BCUT2D eigenvalue weighted by Crippen LogP contribution is 2.29. The first kappa shape index (κ1) is 12.0. The second-order valence-electron chi connectivity index (χ2n) is 3.30. The molecule has 0 fully saturated rings. The zero-order valence-corrected chi connectivity index (χ0v) is 8.94. The Labute approximate surface area is 94.5 Å². The first-order valence-electron chi connectivity index (χ1n) is 4.87. The summed E-state index contributed by atoms with van der Waals surface area (Å²) in [7, 11) is 0. The van der Waals surface area contributed by atoms with Gasteiger partial charge in [0.15, 0.2) is 0 Å². The maximum absolute atomic E-state index is 10.2. The van der Waals surface area contributed by atoms with Crippen LogP contribution in [-0.2, 0) is 17.6 Å². The van der Waals surface area contributed by atoms with E-state index in [1.807, 2.05) is 0 Å². The van der Waals surface area contributed by atoms with Crippen molar-refractivity contribution in [2.24, 2.45) is 4.99 Å². The molecule has 1 aromatic rings. The lowest BCUT2D eigenvalue weighted by Gasteiger charge is -2.08. The first-order chi connectivity index (χ1) is 7.72. The minimum absolute atomic E-state index is 0.213. The maximum atomic E-state index is 10.2. The van der Waals surface area contributed by atoms with Gasteiger partial charge in [0.1, 0.15) is 5.75 Å². The minimum Gasteiger partial charge on any atom is -0.507 e. The number of aliphatic imine (C=N–C) groups is 1. The molecule has 1 N–H and O–H groups in total. The van der Waals surface area contributed by atoms with Gasteiger partial charge in [0.25, 0.3) is 0 Å². The van der Waals surface area contributed by atoms with Gasteiger partial charge in [-0.15, -0.1) is 13.2 Å². The van der Waals surface area contributed by atoms with E-state index >= 15 is 0 Å². The Hall–Kier alpha value is -2.12. The van der Waals surface area contributed by atoms with Crippen molar-refractivity contribution >= 4 is 11.8 Å². The predicted octanol–water partition coefficient (Wildman–Crippen LogP) is 2.82. The van der Waals surface area contributed by atoms with Crippen LogP contribution in [0.15, 0.2) is 42.4 Å². The van der Waals surface area contributed by atoms with E-state index in [0.717, 1.165) is 0 Å². The van der Waals surface area contributed by atoms with Crippen LogP contribution in [0.1, 0.15) is 11.1 Å². The van der Waals surface area contributed by atoms with E-state index in [1.165, 1.54) is 6.08 Å². The van der Waals surface area contributed by atoms with Crippen LogP contribution in [-0.4, -0.2) is 11.2 Å². The lowest BCUT2D eigenvalue weighted by molar-refractivity contribution is 0.464. The molecule has 0 saturated carbocycles. The number of aromatic hydroxyl groups is 1. The molecule has 3 nitrogen and oxygen atoms in total. The third-order valence-electron chi connectivity index (χ3n) is 2.16. The van der Waals surface area contributed by atoms with Crippen LogP contribution in [0, 0.1) is 0 Å². The number of hydrogen-bond acceptors (Lipinski definition) is 3. The molecule has 0 spiro atoms. The van der Waals surface area contributed by atoms with Crippen molar-refractivity contribution in [3.05, 3.63) is 48.6 Å². The van der Waals surface area contributed by atoms with Gasteiger partial charge in [0.05, 0.1) is 5.69 Å². The molecule has 1 aromatic carbocycles. The van der Waals surface area contributed by atoms with Gasteiger partial charge in [-0.1, -0.05) is 12.2 Å². The van der Waals surface area contributed by atoms with Gasteiger partial charge < -0.3 is 5.11 Å². The van der Waals surface area contributed by atoms with Crippen LogP contribution in [0.2, 0.25) is 0 Å². The Kier molecular flexibility index (Phi) is 4.25. The van der Waals surface area contributed by atoms with Gasteiger partial charge in [0, 0.05) is 11.1 Å². The fourth-order valence-electron chi connectivity index (χ4n) is 1.48. The van der Waals surface area contributed by atoms with Crippen LogP contribution >= 0.6 is 0 Å². The van der Waals surface area contributed by atoms with Crippen LogP contribution in [0.25, 0.3) is 0 Å². The van der Waals surface area contributed by atoms with E-state index < -0.39 is 0 Å². The zero-order chi connectivity index (χ0) is 12.0. The molecule has 0 aliphatic carbocycles. The predicted molar refractivity (Wildman–Crippen MR) is 63.7 cm³/mol. The van der Waals surface area contributed by atoms with E-state index in [2.05, 4.69) is 18.2 Å². The second kappa shape index (κ2) is 5.69. The molecule has 0 heterocycles. The Morgan fingerprint density at radius 3 is 2.12 bits per heavy atom. The quantitative estimate of drug-likeness (QED) is 0.466. The standard InChI is InChI=1S/C13H13NO2/c1-3-5-10-7-12(14-9-15)8-11(6-4-2)13(10)16/h3-4,7-8,16H,1-2,5-6H2. The molecule has 0 aliphatic rings. The van der Waals surface area contributed by atoms with E-state index in [9.17, 15) is 9.90 Å². The summed E-state index contributed by atoms with van der Waals surface area (Å²) in [6, 6.07) is 3.29. The molecule has 1 rings (SSSR count). The van der Waals surface area contributed by atoms with Gasteiger partial charge in [-0.05, 0) is 25.0 Å². The van der Waals surface area contributed by atoms with Gasteiger partial charge in [-0.25, -0.2) is 4.79 Å². The molecule has 3 heteroatoms. The lowest BCUT2D eigenvalue weighted by atomic mass is 10.0. The van der Waals surface area contributed by atoms with Crippen molar-refractivity contribution < 1.29 is 9.90 Å². The van der Waals surface area contributed by atoms with E-state index in [0.29, 0.717) is 29.7 Å². The number of phenols is 1. The zero-order valence-electron chi connectivity index (χ0n) is 8.94. The molecule has 0 aliphatic heterocycles. The fraction of sp³-hybridized carbons (Fsp3) is 0.154. The molecule has 0 bridgehead atoms. The fourth-order valence-corrected chi connectivity index (χ4v) is 1.48. The monoisotopic (exact) mass is 215 g/mol. The number of carbonyl (C=O) groups excluding carboxylic acids is 1. The molecule has 0 saturated heterocycles. The number of isocyanates is 1. The normalized spacial score (nSPS) is 9.25. The molecule has 0 unspecified atom stereocenters. The molecule has 0 atom stereocenters. The van der Waals surface area contributed by atoms with Crippen LogP contribution in [0.3, 0.4) is 0 Å². The van der Waals surface area contributed by atoms with Gasteiger partial charge in [-0.2, -0.15) is 4.99 Å². The molecular weight excluding hydrogens is 202 g/mol. The van der Waals surface area contributed by atoms with Crippen molar-refractivity contribution in [3.63, 3.8) is 0 Å². The van der Waals surface area contributed by atoms with Crippen LogP contribution < -0.4 is 0 Å². The number of benzene rings is 1. The van der Waals surface area contributed by atoms with Crippen molar-refractivity contribution in [3.8, 4) is 5.75 Å². The highest BCUT2D eigenvalue weighted by atomic mass is 16.3. The summed E-state index contributed by atoms with van der Waals surface area (Å²) >= 11 is 0. The Morgan fingerprint density at radius 1 is 1.25 bits per heavy atom. The maximum Gasteiger partial charge on any atom is 0.240 e. The summed E-state index contributed by atoms with van der Waals surface area (Å²) in [5, 5.41) is 9.91. The molecule has 0 aromatic heterocycles. The smallest absolute Gasteiger partial charge is 0.240 e. The summed E-state index contributed by atoms with van der Waals surface area (Å²) < 4.78 is 0. The Bertz CT molecular complexity index is 426. The van der Waals surface area contributed by atoms with E-state index in [4.69, 9.17) is 0 Å². The van der Waals surface area contributed by atoms with Crippen molar-refractivity contribution in [2.75, 3.05) is 0 Å². The summed E-state index contributed by atoms with van der Waals surface area (Å²) in [5.41, 5.74) is 1.88. The summed E-state index contributed by atoms with van der Waals surface area (Å²) in [5.74, 6) is 0.213. The van der Waals surface area contributed by atoms with Gasteiger partial charge in [-0.3, -0.25) is 0 Å². The molecular formula is C13H13NO2. The number of allylic oxidation sites excluding steroid dienone is 2. The lowest BCUT2D eigenvalue weighted by Crippen LogP contribution is -1.89. The van der Waals surface area contributed by atoms with E-state index in [-0.39, 0.29) is 5.75 Å². The molecule has 0 amide bonds. The van der Waals surface area contributed by atoms with Crippen LogP contribution in [0.4, 0.5) is 5.69 Å². The Morgan fingerprint density at radius 2 is 1.75 bits per heavy atom. The highest BCUT2D eigenvalue weighted by molar-refractivity contribution is 5.57. The van der Waals surface area contributed by atoms with Crippen molar-refractivity contribution in [2.45, 2.75) is 12.8 Å². The van der Waals surface area contributed by atoms with Crippen molar-refractivity contribution in [1.82, 2.24) is 0 Å². The SMILES string of the molecule is C=CCc1cc(N=C=O)cc(CC=C)c1O. The number of phenolic OH excluding ortho intramolecular Hbond substituents is 1. The van der Waals surface area contributed by atoms with Gasteiger partial charge >= 0.3 is 0 Å². The third kappa shape index (κ3) is 2.69. The number of nitrogens with zero attached hydrogens (tertiary/aromatic N) is 1.